The van der Waals surface area contributed by atoms with Gasteiger partial charge in [-0.15, -0.1) is 0 Å². The Labute approximate surface area is 156 Å². The number of nitrogens with one attached hydrogen (secondary N) is 1. The van der Waals surface area contributed by atoms with Gasteiger partial charge in [-0.05, 0) is 29.3 Å². The minimum atomic E-state index is -3.32. The van der Waals surface area contributed by atoms with Crippen LogP contribution in [0.5, 0.6) is 0 Å². The van der Waals surface area contributed by atoms with Gasteiger partial charge in [-0.1, -0.05) is 30.3 Å². The lowest BCUT2D eigenvalue weighted by Crippen LogP contribution is -1.98. The van der Waals surface area contributed by atoms with Crippen LogP contribution in [-0.2, 0) is 9.84 Å². The van der Waals surface area contributed by atoms with Crippen molar-refractivity contribution < 1.29 is 8.42 Å². The molecule has 6 nitrogen and oxygen atoms in total. The second-order valence-electron chi connectivity index (χ2n) is 6.12. The highest BCUT2D eigenvalue weighted by Crippen LogP contribution is 2.26. The van der Waals surface area contributed by atoms with Crippen LogP contribution in [-0.4, -0.2) is 34.6 Å². The average Bonchev–Trinajstić information content (AvgIpc) is 3.19. The van der Waals surface area contributed by atoms with Gasteiger partial charge in [-0.2, -0.15) is 0 Å². The Bertz CT molecular complexity index is 1200. The number of nitrogens with zero attached hydrogens (tertiary/aromatic N) is 3. The van der Waals surface area contributed by atoms with Gasteiger partial charge in [0, 0.05) is 30.4 Å². The van der Waals surface area contributed by atoms with Crippen LogP contribution in [0.25, 0.3) is 33.9 Å². The van der Waals surface area contributed by atoms with Crippen LogP contribution in [0.4, 0.5) is 0 Å². The number of pyridine rings is 2. The number of hydrogen-bond donors (Lipinski definition) is 1. The fourth-order valence-electron chi connectivity index (χ4n) is 2.73. The first kappa shape index (κ1) is 17.1. The standard InChI is InChI=1S/C20H16N4O2S/c1-27(25,26)17-9-16(11-21-12-17)15-7-8-22-18(10-15)20-23-13-19(24-20)14-5-3-2-4-6-14/h2-13H,1H3,(H,23,24). The summed E-state index contributed by atoms with van der Waals surface area (Å²) in [4.78, 5) is 16.3. The summed E-state index contributed by atoms with van der Waals surface area (Å²) in [5.74, 6) is 0.642. The molecule has 0 aliphatic rings. The molecule has 0 aliphatic carbocycles. The van der Waals surface area contributed by atoms with Gasteiger partial charge in [-0.3, -0.25) is 9.97 Å². The lowest BCUT2D eigenvalue weighted by molar-refractivity contribution is 0.601. The van der Waals surface area contributed by atoms with Gasteiger partial charge in [-0.25, -0.2) is 13.4 Å². The maximum absolute atomic E-state index is 11.8. The molecule has 1 N–H and O–H groups in total. The first-order valence-corrected chi connectivity index (χ1v) is 10.1. The Morgan fingerprint density at radius 2 is 1.67 bits per heavy atom. The zero-order chi connectivity index (χ0) is 18.9. The fourth-order valence-corrected chi connectivity index (χ4v) is 3.33. The topological polar surface area (TPSA) is 88.6 Å². The number of imidazole rings is 1. The van der Waals surface area contributed by atoms with Gasteiger partial charge in [0.1, 0.15) is 5.69 Å². The second-order valence-corrected chi connectivity index (χ2v) is 8.14. The van der Waals surface area contributed by atoms with Crippen molar-refractivity contribution in [2.75, 3.05) is 6.26 Å². The van der Waals surface area contributed by atoms with E-state index in [1.165, 1.54) is 12.5 Å². The molecule has 4 aromatic rings. The molecule has 0 unspecified atom stereocenters. The van der Waals surface area contributed by atoms with Crippen LogP contribution in [0.2, 0.25) is 0 Å². The van der Waals surface area contributed by atoms with Crippen LogP contribution in [0.1, 0.15) is 0 Å². The molecule has 0 amide bonds. The van der Waals surface area contributed by atoms with Gasteiger partial charge in [0.15, 0.2) is 15.7 Å². The molecule has 27 heavy (non-hydrogen) atoms. The lowest BCUT2D eigenvalue weighted by Gasteiger charge is -2.05. The summed E-state index contributed by atoms with van der Waals surface area (Å²) in [6.07, 6.45) is 7.58. The summed E-state index contributed by atoms with van der Waals surface area (Å²) < 4.78 is 23.5. The number of sulfone groups is 1. The minimum absolute atomic E-state index is 0.183. The van der Waals surface area contributed by atoms with Crippen molar-refractivity contribution in [2.24, 2.45) is 0 Å². The Morgan fingerprint density at radius 1 is 0.852 bits per heavy atom. The molecule has 0 aliphatic heterocycles. The van der Waals surface area contributed by atoms with E-state index in [0.717, 1.165) is 16.8 Å². The molecular formula is C20H16N4O2S. The maximum Gasteiger partial charge on any atom is 0.177 e. The van der Waals surface area contributed by atoms with Crippen molar-refractivity contribution >= 4 is 9.84 Å². The second kappa shape index (κ2) is 6.77. The SMILES string of the molecule is CS(=O)(=O)c1cncc(-c2ccnc(-c3ncc(-c4ccccc4)[nH]3)c2)c1. The van der Waals surface area contributed by atoms with E-state index in [2.05, 4.69) is 19.9 Å². The first-order chi connectivity index (χ1) is 13.0. The number of aromatic nitrogens is 4. The van der Waals surface area contributed by atoms with Crippen LogP contribution >= 0.6 is 0 Å². The summed E-state index contributed by atoms with van der Waals surface area (Å²) in [7, 11) is -3.32. The molecule has 0 bridgehead atoms. The maximum atomic E-state index is 11.8. The third kappa shape index (κ3) is 3.63. The number of hydrogen-bond acceptors (Lipinski definition) is 5. The fraction of sp³-hybridized carbons (Fsp3) is 0.0500. The molecule has 0 spiro atoms. The predicted molar refractivity (Wildman–Crippen MR) is 104 cm³/mol. The first-order valence-electron chi connectivity index (χ1n) is 8.23. The van der Waals surface area contributed by atoms with Crippen molar-refractivity contribution in [3.8, 4) is 33.9 Å². The van der Waals surface area contributed by atoms with Crippen molar-refractivity contribution in [3.63, 3.8) is 0 Å². The van der Waals surface area contributed by atoms with E-state index in [4.69, 9.17) is 0 Å². The summed E-state index contributed by atoms with van der Waals surface area (Å²) >= 11 is 0. The van der Waals surface area contributed by atoms with E-state index in [1.54, 1.807) is 24.7 Å². The molecule has 0 saturated carbocycles. The third-order valence-corrected chi connectivity index (χ3v) is 5.22. The normalized spacial score (nSPS) is 11.4. The van der Waals surface area contributed by atoms with Crippen molar-refractivity contribution in [1.82, 2.24) is 19.9 Å². The smallest absolute Gasteiger partial charge is 0.177 e. The largest absolute Gasteiger partial charge is 0.337 e. The van der Waals surface area contributed by atoms with Crippen LogP contribution in [0.3, 0.4) is 0 Å². The molecule has 0 atom stereocenters. The molecule has 4 rings (SSSR count). The summed E-state index contributed by atoms with van der Waals surface area (Å²) in [5.41, 5.74) is 4.13. The molecule has 1 aromatic carbocycles. The number of aromatic amines is 1. The van der Waals surface area contributed by atoms with Gasteiger partial charge >= 0.3 is 0 Å². The van der Waals surface area contributed by atoms with Crippen molar-refractivity contribution in [2.45, 2.75) is 4.90 Å². The van der Waals surface area contributed by atoms with Crippen molar-refractivity contribution in [1.29, 1.82) is 0 Å². The predicted octanol–water partition coefficient (Wildman–Crippen LogP) is 3.60. The Balaban J connectivity index is 1.71. The van der Waals surface area contributed by atoms with Gasteiger partial charge in [0.05, 0.1) is 16.8 Å². The number of rotatable bonds is 4. The molecule has 3 heterocycles. The number of benzene rings is 1. The third-order valence-electron chi connectivity index (χ3n) is 4.14. The van der Waals surface area contributed by atoms with Gasteiger partial charge < -0.3 is 4.98 Å². The molecule has 7 heteroatoms. The number of H-pyrrole nitrogens is 1. The Kier molecular flexibility index (Phi) is 4.29. The Hall–Kier alpha value is -3.32. The molecular weight excluding hydrogens is 360 g/mol. The van der Waals surface area contributed by atoms with Crippen LogP contribution in [0, 0.1) is 0 Å². The van der Waals surface area contributed by atoms with Gasteiger partial charge in [0.25, 0.3) is 0 Å². The van der Waals surface area contributed by atoms with E-state index in [1.807, 2.05) is 42.5 Å². The van der Waals surface area contributed by atoms with E-state index in [0.29, 0.717) is 17.1 Å². The van der Waals surface area contributed by atoms with E-state index < -0.39 is 9.84 Å². The zero-order valence-corrected chi connectivity index (χ0v) is 15.3. The van der Waals surface area contributed by atoms with E-state index in [9.17, 15) is 8.42 Å². The summed E-state index contributed by atoms with van der Waals surface area (Å²) in [5, 5.41) is 0. The average molecular weight is 376 g/mol. The molecule has 134 valence electrons. The van der Waals surface area contributed by atoms with E-state index in [-0.39, 0.29) is 4.90 Å². The quantitative estimate of drug-likeness (QED) is 0.588. The Morgan fingerprint density at radius 3 is 2.44 bits per heavy atom. The van der Waals surface area contributed by atoms with E-state index >= 15 is 0 Å². The molecule has 0 fully saturated rings. The highest BCUT2D eigenvalue weighted by Gasteiger charge is 2.11. The molecule has 0 radical (unpaired) electrons. The highest BCUT2D eigenvalue weighted by molar-refractivity contribution is 7.90. The zero-order valence-electron chi connectivity index (χ0n) is 14.5. The monoisotopic (exact) mass is 376 g/mol. The highest BCUT2D eigenvalue weighted by atomic mass is 32.2. The summed E-state index contributed by atoms with van der Waals surface area (Å²) in [6, 6.07) is 15.2. The van der Waals surface area contributed by atoms with Crippen LogP contribution in [0.15, 0.2) is 78.2 Å². The lowest BCUT2D eigenvalue weighted by atomic mass is 10.1. The van der Waals surface area contributed by atoms with Crippen LogP contribution < -0.4 is 0 Å². The molecule has 3 aromatic heterocycles. The molecule has 0 saturated heterocycles. The minimum Gasteiger partial charge on any atom is -0.337 e. The summed E-state index contributed by atoms with van der Waals surface area (Å²) in [6.45, 7) is 0. The van der Waals surface area contributed by atoms with Crippen molar-refractivity contribution in [3.05, 3.63) is 73.3 Å². The van der Waals surface area contributed by atoms with Gasteiger partial charge in [0.2, 0.25) is 0 Å².